The summed E-state index contributed by atoms with van der Waals surface area (Å²) in [6.45, 7) is 2.31. The fourth-order valence-corrected chi connectivity index (χ4v) is 1.84. The Hall–Kier alpha value is -2.80. The van der Waals surface area contributed by atoms with E-state index < -0.39 is 24.0 Å². The van der Waals surface area contributed by atoms with E-state index in [0.717, 1.165) is 6.08 Å². The largest absolute Gasteiger partial charge is 0.478 e. The molecule has 0 aliphatic rings. The minimum Gasteiger partial charge on any atom is -0.478 e. The Morgan fingerprint density at radius 1 is 1.04 bits per heavy atom. The third kappa shape index (κ3) is 7.40. The van der Waals surface area contributed by atoms with Crippen LogP contribution < -0.4 is 0 Å². The summed E-state index contributed by atoms with van der Waals surface area (Å²) in [7, 11) is 3.25. The zero-order valence-electron chi connectivity index (χ0n) is 14.8. The highest BCUT2D eigenvalue weighted by atomic mass is 16.4. The van der Waals surface area contributed by atoms with Gasteiger partial charge in [0.2, 0.25) is 5.78 Å². The molecule has 1 unspecified atom stereocenters. The smallest absolute Gasteiger partial charge is 0.327 e. The van der Waals surface area contributed by atoms with Gasteiger partial charge in [-0.1, -0.05) is 67.2 Å². The summed E-state index contributed by atoms with van der Waals surface area (Å²) in [6.07, 6.45) is 0.833. The number of carbonyl (C=O) groups excluding carboxylic acids is 1. The van der Waals surface area contributed by atoms with Crippen LogP contribution in [-0.4, -0.2) is 47.9 Å². The number of carboxylic acids is 1. The van der Waals surface area contributed by atoms with E-state index in [-0.39, 0.29) is 0 Å². The van der Waals surface area contributed by atoms with Gasteiger partial charge in [0.25, 0.3) is 0 Å². The third-order valence-electron chi connectivity index (χ3n) is 3.07. The van der Waals surface area contributed by atoms with Gasteiger partial charge in [-0.15, -0.1) is 0 Å². The Labute approximate surface area is 153 Å². The molecule has 0 saturated heterocycles. The molecule has 2 aromatic rings. The number of aliphatic hydroxyl groups excluding tert-OH is 1. The van der Waals surface area contributed by atoms with Crippen molar-refractivity contribution in [3.8, 4) is 0 Å². The maximum atomic E-state index is 12.3. The van der Waals surface area contributed by atoms with Crippen LogP contribution in [0.3, 0.4) is 0 Å². The molecule has 0 spiro atoms. The lowest BCUT2D eigenvalue weighted by atomic mass is 9.87. The minimum atomic E-state index is -1.89. The number of carboxylic acid groups (broad SMARTS) is 1. The molecule has 26 heavy (non-hydrogen) atoms. The Balaban J connectivity index is 0.000000663. The van der Waals surface area contributed by atoms with Gasteiger partial charge >= 0.3 is 5.97 Å². The first-order valence-electron chi connectivity index (χ1n) is 7.61. The van der Waals surface area contributed by atoms with Crippen LogP contribution in [0.2, 0.25) is 0 Å². The number of hydrogen-bond acceptors (Lipinski definition) is 5. The van der Waals surface area contributed by atoms with E-state index in [1.54, 1.807) is 74.9 Å². The summed E-state index contributed by atoms with van der Waals surface area (Å²) < 4.78 is 4.25. The molecule has 0 amide bonds. The molecule has 0 aliphatic heterocycles. The number of methoxy groups -OCH3 is 1. The van der Waals surface area contributed by atoms with Crippen molar-refractivity contribution in [2.75, 3.05) is 20.8 Å². The number of ether oxygens (including phenoxy) is 1. The topological polar surface area (TPSA) is 104 Å². The van der Waals surface area contributed by atoms with Crippen molar-refractivity contribution in [1.29, 1.82) is 0 Å². The maximum absolute atomic E-state index is 12.3. The first kappa shape index (κ1) is 23.2. The van der Waals surface area contributed by atoms with Gasteiger partial charge in [-0.25, -0.2) is 4.79 Å². The number of Topliss-reactive ketones (excluding diaryl/α,β-unsaturated/α-hetero) is 1. The van der Waals surface area contributed by atoms with Crippen LogP contribution in [0.4, 0.5) is 0 Å². The van der Waals surface area contributed by atoms with Gasteiger partial charge in [0.15, 0.2) is 5.60 Å². The van der Waals surface area contributed by atoms with E-state index >= 15 is 0 Å². The lowest BCUT2D eigenvalue weighted by Crippen LogP contribution is -2.39. The minimum absolute atomic E-state index is 0.373. The normalized spacial score (nSPS) is 11.5. The molecule has 0 radical (unpaired) electrons. The first-order valence-corrected chi connectivity index (χ1v) is 7.61. The monoisotopic (exact) mass is 360 g/mol. The van der Waals surface area contributed by atoms with Gasteiger partial charge < -0.3 is 20.1 Å². The number of carbonyl (C=O) groups is 2. The lowest BCUT2D eigenvalue weighted by molar-refractivity contribution is -0.131. The molecule has 1 atom stereocenters. The number of hydrogen-bond donors (Lipinski definition) is 3. The molecule has 140 valence electrons. The summed E-state index contributed by atoms with van der Waals surface area (Å²) in [5, 5.41) is 27.4. The molecule has 6 nitrogen and oxygen atoms in total. The van der Waals surface area contributed by atoms with E-state index in [1.807, 2.05) is 0 Å². The van der Waals surface area contributed by atoms with Crippen LogP contribution in [-0.2, 0) is 15.1 Å². The fraction of sp³-hybridized carbons (Fsp3) is 0.200. The second-order valence-corrected chi connectivity index (χ2v) is 5.03. The second kappa shape index (κ2) is 12.5. The van der Waals surface area contributed by atoms with Crippen molar-refractivity contribution in [2.24, 2.45) is 0 Å². The number of aliphatic hydroxyl groups is 2. The summed E-state index contributed by atoms with van der Waals surface area (Å²) in [5.41, 5.74) is -1.12. The Kier molecular flexibility index (Phi) is 11.2. The van der Waals surface area contributed by atoms with E-state index in [0.29, 0.717) is 11.1 Å². The van der Waals surface area contributed by atoms with E-state index in [9.17, 15) is 19.8 Å². The van der Waals surface area contributed by atoms with Crippen molar-refractivity contribution in [3.05, 3.63) is 84.4 Å². The predicted octanol–water partition coefficient (Wildman–Crippen LogP) is 2.27. The standard InChI is InChI=1S/C15H14O3.C3H4O2.C2H6O/c16-11-15(18,13-9-5-2-6-10-13)14(17)12-7-3-1-4-8-12;1-2-3(4)5;1-3-2/h1-10,16,18H,11H2;2H,1H2,(H,4,5);1-2H3. The van der Waals surface area contributed by atoms with Gasteiger partial charge in [0, 0.05) is 25.9 Å². The van der Waals surface area contributed by atoms with Gasteiger partial charge in [-0.05, 0) is 5.56 Å². The molecule has 0 bridgehead atoms. The van der Waals surface area contributed by atoms with Crippen LogP contribution in [0.25, 0.3) is 0 Å². The maximum Gasteiger partial charge on any atom is 0.327 e. The number of ketones is 1. The molecule has 0 aromatic heterocycles. The molecule has 3 N–H and O–H groups in total. The highest BCUT2D eigenvalue weighted by Gasteiger charge is 2.37. The van der Waals surface area contributed by atoms with Crippen LogP contribution in [0.15, 0.2) is 73.3 Å². The fourth-order valence-electron chi connectivity index (χ4n) is 1.84. The van der Waals surface area contributed by atoms with E-state index in [4.69, 9.17) is 5.11 Å². The third-order valence-corrected chi connectivity index (χ3v) is 3.07. The number of rotatable bonds is 5. The number of aliphatic carboxylic acids is 1. The summed E-state index contributed by atoms with van der Waals surface area (Å²) in [6, 6.07) is 16.9. The Morgan fingerprint density at radius 3 is 1.77 bits per heavy atom. The van der Waals surface area contributed by atoms with Crippen LogP contribution >= 0.6 is 0 Å². The highest BCUT2D eigenvalue weighted by Crippen LogP contribution is 2.25. The van der Waals surface area contributed by atoms with Crippen molar-refractivity contribution >= 4 is 11.8 Å². The first-order chi connectivity index (χ1) is 12.4. The molecule has 0 saturated carbocycles. The van der Waals surface area contributed by atoms with Crippen molar-refractivity contribution < 1.29 is 29.6 Å². The molecule has 6 heteroatoms. The van der Waals surface area contributed by atoms with E-state index in [1.165, 1.54) is 0 Å². The average molecular weight is 360 g/mol. The average Bonchev–Trinajstić information content (AvgIpc) is 2.69. The van der Waals surface area contributed by atoms with E-state index in [2.05, 4.69) is 11.3 Å². The molecular weight excluding hydrogens is 336 g/mol. The zero-order valence-corrected chi connectivity index (χ0v) is 14.8. The zero-order chi connectivity index (χ0) is 20.0. The van der Waals surface area contributed by atoms with Crippen molar-refractivity contribution in [3.63, 3.8) is 0 Å². The van der Waals surface area contributed by atoms with Crippen molar-refractivity contribution in [1.82, 2.24) is 0 Å². The van der Waals surface area contributed by atoms with Gasteiger partial charge in [-0.3, -0.25) is 4.79 Å². The molecular formula is C20H24O6. The molecule has 2 aromatic carbocycles. The Morgan fingerprint density at radius 2 is 1.42 bits per heavy atom. The van der Waals surface area contributed by atoms with Gasteiger partial charge in [0.1, 0.15) is 0 Å². The summed E-state index contributed by atoms with van der Waals surface area (Å²) in [5.74, 6) is -1.48. The second-order valence-electron chi connectivity index (χ2n) is 5.03. The summed E-state index contributed by atoms with van der Waals surface area (Å²) in [4.78, 5) is 21.5. The molecule has 2 rings (SSSR count). The summed E-state index contributed by atoms with van der Waals surface area (Å²) >= 11 is 0. The van der Waals surface area contributed by atoms with Crippen LogP contribution in [0.5, 0.6) is 0 Å². The lowest BCUT2D eigenvalue weighted by Gasteiger charge is -2.24. The molecule has 0 heterocycles. The predicted molar refractivity (Wildman–Crippen MR) is 99.0 cm³/mol. The van der Waals surface area contributed by atoms with Crippen LogP contribution in [0.1, 0.15) is 15.9 Å². The highest BCUT2D eigenvalue weighted by molar-refractivity contribution is 6.02. The van der Waals surface area contributed by atoms with Gasteiger partial charge in [0.05, 0.1) is 6.61 Å². The molecule has 0 fully saturated rings. The molecule has 0 aliphatic carbocycles. The van der Waals surface area contributed by atoms with Gasteiger partial charge in [-0.2, -0.15) is 0 Å². The quantitative estimate of drug-likeness (QED) is 0.558. The number of benzene rings is 2. The SMILES string of the molecule is C=CC(=O)O.COC.O=C(c1ccccc1)C(O)(CO)c1ccccc1. The van der Waals surface area contributed by atoms with Crippen LogP contribution in [0, 0.1) is 0 Å². The Bertz CT molecular complexity index is 669. The van der Waals surface area contributed by atoms with Crippen molar-refractivity contribution in [2.45, 2.75) is 5.60 Å².